The van der Waals surface area contributed by atoms with Gasteiger partial charge in [-0.15, -0.1) is 0 Å². The highest BCUT2D eigenvalue weighted by Gasteiger charge is 2.26. The van der Waals surface area contributed by atoms with E-state index in [4.69, 9.17) is 11.6 Å². The number of pyridine rings is 1. The number of hydrogen-bond acceptors (Lipinski definition) is 3. The van der Waals surface area contributed by atoms with Crippen LogP contribution in [0.3, 0.4) is 0 Å². The second-order valence-electron chi connectivity index (χ2n) is 6.58. The van der Waals surface area contributed by atoms with Crippen molar-refractivity contribution in [3.63, 3.8) is 0 Å². The maximum atomic E-state index is 12.9. The van der Waals surface area contributed by atoms with E-state index in [2.05, 4.69) is 23.0 Å². The van der Waals surface area contributed by atoms with E-state index in [1.54, 1.807) is 6.20 Å². The maximum Gasteiger partial charge on any atom is 0.184 e. The fraction of sp³-hybridized carbons (Fsp3) is 0.400. The molecular weight excluding hydrogens is 320 g/mol. The highest BCUT2D eigenvalue weighted by molar-refractivity contribution is 6.30. The van der Waals surface area contributed by atoms with Crippen LogP contribution in [0.1, 0.15) is 34.5 Å². The Hall–Kier alpha value is -1.71. The molecule has 4 heteroatoms. The molecule has 0 unspecified atom stereocenters. The van der Waals surface area contributed by atoms with Crippen LogP contribution in [0.15, 0.2) is 42.6 Å². The minimum atomic E-state index is 0.112. The van der Waals surface area contributed by atoms with Crippen LogP contribution in [-0.2, 0) is 12.8 Å². The standard InChI is InChI=1S/C20H23ClN2O/c1-23-12-9-17(10-13-23)20(24)19-16(5-3-11-22-19)8-7-15-4-2-6-18(21)14-15/h2-6,11,14,17H,7-10,12-13H2,1H3. The lowest BCUT2D eigenvalue weighted by atomic mass is 9.88. The Balaban J connectivity index is 1.71. The average Bonchev–Trinajstić information content (AvgIpc) is 2.60. The molecule has 0 saturated carbocycles. The second-order valence-corrected chi connectivity index (χ2v) is 7.02. The van der Waals surface area contributed by atoms with Crippen molar-refractivity contribution in [3.8, 4) is 0 Å². The molecule has 24 heavy (non-hydrogen) atoms. The molecule has 0 aliphatic carbocycles. The topological polar surface area (TPSA) is 33.2 Å². The Morgan fingerprint density at radius 2 is 2.00 bits per heavy atom. The van der Waals surface area contributed by atoms with E-state index in [0.29, 0.717) is 5.69 Å². The van der Waals surface area contributed by atoms with Gasteiger partial charge in [0, 0.05) is 17.1 Å². The molecule has 1 fully saturated rings. The summed E-state index contributed by atoms with van der Waals surface area (Å²) in [6.07, 6.45) is 5.26. The van der Waals surface area contributed by atoms with Crippen molar-refractivity contribution in [2.45, 2.75) is 25.7 Å². The molecule has 2 heterocycles. The van der Waals surface area contributed by atoms with Gasteiger partial charge in [0.25, 0.3) is 0 Å². The van der Waals surface area contributed by atoms with E-state index < -0.39 is 0 Å². The number of aryl methyl sites for hydroxylation is 2. The van der Waals surface area contributed by atoms with E-state index in [1.807, 2.05) is 30.3 Å². The van der Waals surface area contributed by atoms with Crippen molar-refractivity contribution >= 4 is 17.4 Å². The molecule has 1 aliphatic heterocycles. The van der Waals surface area contributed by atoms with Crippen LogP contribution in [0.4, 0.5) is 0 Å². The van der Waals surface area contributed by atoms with Crippen LogP contribution in [0.5, 0.6) is 0 Å². The molecule has 1 aromatic carbocycles. The third-order valence-electron chi connectivity index (χ3n) is 4.79. The van der Waals surface area contributed by atoms with Crippen LogP contribution in [0, 0.1) is 5.92 Å². The number of rotatable bonds is 5. The number of piperidine rings is 1. The van der Waals surface area contributed by atoms with Crippen molar-refractivity contribution in [2.24, 2.45) is 5.92 Å². The number of likely N-dealkylation sites (tertiary alicyclic amines) is 1. The summed E-state index contributed by atoms with van der Waals surface area (Å²) in [4.78, 5) is 19.6. The van der Waals surface area contributed by atoms with Gasteiger partial charge in [0.2, 0.25) is 0 Å². The molecule has 2 aromatic rings. The largest absolute Gasteiger partial charge is 0.306 e. The molecule has 0 N–H and O–H groups in total. The van der Waals surface area contributed by atoms with Gasteiger partial charge in [0.05, 0.1) is 0 Å². The maximum absolute atomic E-state index is 12.9. The fourth-order valence-corrected chi connectivity index (χ4v) is 3.51. The summed E-state index contributed by atoms with van der Waals surface area (Å²) in [6.45, 7) is 1.97. The Kier molecular flexibility index (Phi) is 5.64. The number of carbonyl (C=O) groups is 1. The summed E-state index contributed by atoms with van der Waals surface area (Å²) in [5.74, 6) is 0.325. The zero-order valence-corrected chi connectivity index (χ0v) is 14.8. The van der Waals surface area contributed by atoms with Crippen molar-refractivity contribution < 1.29 is 4.79 Å². The van der Waals surface area contributed by atoms with E-state index in [0.717, 1.165) is 49.4 Å². The second kappa shape index (κ2) is 7.91. The van der Waals surface area contributed by atoms with Gasteiger partial charge >= 0.3 is 0 Å². The first kappa shape index (κ1) is 17.1. The minimum Gasteiger partial charge on any atom is -0.306 e. The molecule has 0 amide bonds. The van der Waals surface area contributed by atoms with E-state index in [-0.39, 0.29) is 11.7 Å². The highest BCUT2D eigenvalue weighted by atomic mass is 35.5. The molecule has 3 nitrogen and oxygen atoms in total. The molecule has 1 aromatic heterocycles. The number of ketones is 1. The minimum absolute atomic E-state index is 0.112. The van der Waals surface area contributed by atoms with E-state index >= 15 is 0 Å². The van der Waals surface area contributed by atoms with Crippen molar-refractivity contribution in [1.29, 1.82) is 0 Å². The summed E-state index contributed by atoms with van der Waals surface area (Å²) >= 11 is 6.05. The zero-order chi connectivity index (χ0) is 16.9. The van der Waals surface area contributed by atoms with Crippen molar-refractivity contribution in [2.75, 3.05) is 20.1 Å². The van der Waals surface area contributed by atoms with Crippen molar-refractivity contribution in [3.05, 3.63) is 64.4 Å². The lowest BCUT2D eigenvalue weighted by Crippen LogP contribution is -2.34. The number of halogens is 1. The van der Waals surface area contributed by atoms with E-state index in [9.17, 15) is 4.79 Å². The van der Waals surface area contributed by atoms with Gasteiger partial charge in [-0.3, -0.25) is 9.78 Å². The van der Waals surface area contributed by atoms with Gasteiger partial charge < -0.3 is 4.90 Å². The molecule has 1 saturated heterocycles. The van der Waals surface area contributed by atoms with Crippen LogP contribution < -0.4 is 0 Å². The third kappa shape index (κ3) is 4.22. The number of aromatic nitrogens is 1. The molecule has 126 valence electrons. The quantitative estimate of drug-likeness (QED) is 0.769. The molecule has 0 atom stereocenters. The Morgan fingerprint density at radius 3 is 2.75 bits per heavy atom. The van der Waals surface area contributed by atoms with Crippen molar-refractivity contribution in [1.82, 2.24) is 9.88 Å². The van der Waals surface area contributed by atoms with Gasteiger partial charge in [-0.1, -0.05) is 29.8 Å². The summed E-state index contributed by atoms with van der Waals surface area (Å²) < 4.78 is 0. The van der Waals surface area contributed by atoms with Crippen LogP contribution in [0.25, 0.3) is 0 Å². The number of benzene rings is 1. The average molecular weight is 343 g/mol. The Morgan fingerprint density at radius 1 is 1.21 bits per heavy atom. The predicted molar refractivity (Wildman–Crippen MR) is 97.6 cm³/mol. The predicted octanol–water partition coefficient (Wildman–Crippen LogP) is 4.04. The number of hydrogen-bond donors (Lipinski definition) is 0. The first-order valence-corrected chi connectivity index (χ1v) is 8.92. The lowest BCUT2D eigenvalue weighted by molar-refractivity contribution is 0.0850. The van der Waals surface area contributed by atoms with Gasteiger partial charge in [0.15, 0.2) is 5.78 Å². The van der Waals surface area contributed by atoms with Gasteiger partial charge in [-0.25, -0.2) is 0 Å². The highest BCUT2D eigenvalue weighted by Crippen LogP contribution is 2.23. The summed E-state index contributed by atoms with van der Waals surface area (Å²) in [5.41, 5.74) is 2.89. The lowest BCUT2D eigenvalue weighted by Gasteiger charge is -2.28. The van der Waals surface area contributed by atoms with Gasteiger partial charge in [0.1, 0.15) is 5.69 Å². The monoisotopic (exact) mass is 342 g/mol. The SMILES string of the molecule is CN1CCC(C(=O)c2ncccc2CCc2cccc(Cl)c2)CC1. The van der Waals surface area contributed by atoms with Crippen LogP contribution in [-0.4, -0.2) is 35.8 Å². The third-order valence-corrected chi connectivity index (χ3v) is 5.02. The van der Waals surface area contributed by atoms with E-state index in [1.165, 1.54) is 5.56 Å². The summed E-state index contributed by atoms with van der Waals surface area (Å²) in [7, 11) is 2.11. The molecule has 0 bridgehead atoms. The first-order valence-electron chi connectivity index (χ1n) is 8.54. The molecule has 0 spiro atoms. The first-order chi connectivity index (χ1) is 11.6. The van der Waals surface area contributed by atoms with Crippen LogP contribution in [0.2, 0.25) is 5.02 Å². The Labute approximate surface area is 148 Å². The number of nitrogens with zero attached hydrogens (tertiary/aromatic N) is 2. The zero-order valence-electron chi connectivity index (χ0n) is 14.0. The fourth-order valence-electron chi connectivity index (χ4n) is 3.30. The summed E-state index contributed by atoms with van der Waals surface area (Å²) in [5, 5.41) is 0.751. The number of carbonyl (C=O) groups excluding carboxylic acids is 1. The Bertz CT molecular complexity index is 708. The molecule has 3 rings (SSSR count). The molecule has 1 aliphatic rings. The molecular formula is C20H23ClN2O. The molecule has 0 radical (unpaired) electrons. The van der Waals surface area contributed by atoms with Gasteiger partial charge in [-0.05, 0) is 75.1 Å². The van der Waals surface area contributed by atoms with Crippen LogP contribution >= 0.6 is 11.6 Å². The van der Waals surface area contributed by atoms with Gasteiger partial charge in [-0.2, -0.15) is 0 Å². The summed E-state index contributed by atoms with van der Waals surface area (Å²) in [6, 6.07) is 11.8. The number of Topliss-reactive ketones (excluding diaryl/α,β-unsaturated/α-hetero) is 1. The normalized spacial score (nSPS) is 16.2. The smallest absolute Gasteiger partial charge is 0.184 e.